The van der Waals surface area contributed by atoms with E-state index in [1.807, 2.05) is 19.9 Å². The van der Waals surface area contributed by atoms with E-state index in [1.54, 1.807) is 18.4 Å². The Morgan fingerprint density at radius 2 is 2.11 bits per heavy atom. The minimum absolute atomic E-state index is 0.0107. The second-order valence-electron chi connectivity index (χ2n) is 4.38. The fourth-order valence-corrected chi connectivity index (χ4v) is 2.63. The monoisotopic (exact) mass is 270 g/mol. The lowest BCUT2D eigenvalue weighted by Gasteiger charge is -2.19. The average Bonchev–Trinajstić information content (AvgIpc) is 2.27. The quantitative estimate of drug-likeness (QED) is 0.634. The first-order valence-electron chi connectivity index (χ1n) is 5.70. The maximum atomic E-state index is 11.1. The highest BCUT2D eigenvalue weighted by Crippen LogP contribution is 2.19. The summed E-state index contributed by atoms with van der Waals surface area (Å²) in [6.45, 7) is 3.89. The lowest BCUT2D eigenvalue weighted by molar-refractivity contribution is -0.384. The number of nitrogens with one attached hydrogen (secondary N) is 1. The molecule has 0 aliphatic heterocycles. The van der Waals surface area contributed by atoms with Crippen molar-refractivity contribution in [2.45, 2.75) is 25.9 Å². The molecule has 0 bridgehead atoms. The van der Waals surface area contributed by atoms with E-state index in [4.69, 9.17) is 0 Å². The maximum absolute atomic E-state index is 11.1. The van der Waals surface area contributed by atoms with Crippen LogP contribution in [0.3, 0.4) is 0 Å². The van der Waals surface area contributed by atoms with Crippen molar-refractivity contribution in [3.63, 3.8) is 0 Å². The Hall–Kier alpha value is -1.27. The fourth-order valence-electron chi connectivity index (χ4n) is 1.83. The Balaban J connectivity index is 2.71. The van der Waals surface area contributed by atoms with Gasteiger partial charge in [0.05, 0.1) is 4.92 Å². The topological polar surface area (TPSA) is 72.2 Å². The molecule has 3 atom stereocenters. The standard InChI is InChI=1S/C12H18N2O3S/c1-9(8-18(3)17)13-10(2)11-5-4-6-12(7-11)14(15)16/h4-7,9-10,13H,8H2,1-3H3. The third kappa shape index (κ3) is 4.54. The number of hydrogen-bond acceptors (Lipinski definition) is 4. The van der Waals surface area contributed by atoms with Crippen LogP contribution < -0.4 is 5.32 Å². The first-order chi connectivity index (χ1) is 8.40. The molecular formula is C12H18N2O3S. The van der Waals surface area contributed by atoms with Crippen LogP contribution in [0.25, 0.3) is 0 Å². The van der Waals surface area contributed by atoms with E-state index >= 15 is 0 Å². The summed E-state index contributed by atoms with van der Waals surface area (Å²) >= 11 is 0. The predicted octanol–water partition coefficient (Wildman–Crippen LogP) is 2.01. The number of rotatable bonds is 6. The van der Waals surface area contributed by atoms with Crippen LogP contribution in [-0.4, -0.2) is 27.2 Å². The molecular weight excluding hydrogens is 252 g/mol. The van der Waals surface area contributed by atoms with Gasteiger partial charge in [0.2, 0.25) is 0 Å². The molecule has 1 aromatic rings. The van der Waals surface area contributed by atoms with Gasteiger partial charge in [-0.05, 0) is 19.4 Å². The maximum Gasteiger partial charge on any atom is 0.269 e. The molecule has 0 saturated carbocycles. The first-order valence-corrected chi connectivity index (χ1v) is 7.43. The minimum Gasteiger partial charge on any atom is -0.307 e. The molecule has 0 aliphatic carbocycles. The second kappa shape index (κ2) is 6.61. The molecule has 0 heterocycles. The Kier molecular flexibility index (Phi) is 5.43. The number of hydrogen-bond donors (Lipinski definition) is 1. The van der Waals surface area contributed by atoms with Crippen LogP contribution in [0.15, 0.2) is 24.3 Å². The molecule has 1 aromatic carbocycles. The van der Waals surface area contributed by atoms with Crippen molar-refractivity contribution in [1.29, 1.82) is 0 Å². The molecule has 0 radical (unpaired) electrons. The zero-order valence-corrected chi connectivity index (χ0v) is 11.6. The van der Waals surface area contributed by atoms with Crippen molar-refractivity contribution in [3.05, 3.63) is 39.9 Å². The highest BCUT2D eigenvalue weighted by Gasteiger charge is 2.13. The third-order valence-electron chi connectivity index (χ3n) is 2.60. The first kappa shape index (κ1) is 14.8. The molecule has 5 nitrogen and oxygen atoms in total. The van der Waals surface area contributed by atoms with Crippen LogP contribution in [-0.2, 0) is 10.8 Å². The fraction of sp³-hybridized carbons (Fsp3) is 0.500. The molecule has 100 valence electrons. The largest absolute Gasteiger partial charge is 0.307 e. The van der Waals surface area contributed by atoms with Crippen LogP contribution in [0.2, 0.25) is 0 Å². The SMILES string of the molecule is CC(CS(C)=O)NC(C)c1cccc([N+](=O)[O-])c1. The molecule has 1 rings (SSSR count). The average molecular weight is 270 g/mol. The molecule has 0 aliphatic rings. The van der Waals surface area contributed by atoms with Crippen molar-refractivity contribution in [3.8, 4) is 0 Å². The predicted molar refractivity (Wildman–Crippen MR) is 73.0 cm³/mol. The van der Waals surface area contributed by atoms with E-state index in [2.05, 4.69) is 5.32 Å². The van der Waals surface area contributed by atoms with Gasteiger partial charge in [-0.15, -0.1) is 0 Å². The van der Waals surface area contributed by atoms with Gasteiger partial charge in [-0.3, -0.25) is 14.3 Å². The van der Waals surface area contributed by atoms with Crippen LogP contribution in [0.1, 0.15) is 25.5 Å². The van der Waals surface area contributed by atoms with Crippen LogP contribution in [0.4, 0.5) is 5.69 Å². The molecule has 1 N–H and O–H groups in total. The normalized spacial score (nSPS) is 15.9. The molecule has 6 heteroatoms. The van der Waals surface area contributed by atoms with Gasteiger partial charge in [0.25, 0.3) is 5.69 Å². The van der Waals surface area contributed by atoms with Crippen molar-refractivity contribution >= 4 is 16.5 Å². The highest BCUT2D eigenvalue weighted by molar-refractivity contribution is 7.84. The lowest BCUT2D eigenvalue weighted by atomic mass is 10.1. The van der Waals surface area contributed by atoms with Crippen molar-refractivity contribution in [2.75, 3.05) is 12.0 Å². The molecule has 0 saturated heterocycles. The smallest absolute Gasteiger partial charge is 0.269 e. The summed E-state index contributed by atoms with van der Waals surface area (Å²) in [7, 11) is -0.851. The Morgan fingerprint density at radius 1 is 1.44 bits per heavy atom. The molecule has 0 amide bonds. The van der Waals surface area contributed by atoms with Gasteiger partial charge < -0.3 is 5.32 Å². The van der Waals surface area contributed by atoms with Gasteiger partial charge in [0.15, 0.2) is 0 Å². The van der Waals surface area contributed by atoms with Gasteiger partial charge in [-0.25, -0.2) is 0 Å². The summed E-state index contributed by atoms with van der Waals surface area (Å²) in [4.78, 5) is 10.3. The summed E-state index contributed by atoms with van der Waals surface area (Å²) in [6.07, 6.45) is 1.66. The number of nitrogens with zero attached hydrogens (tertiary/aromatic N) is 1. The van der Waals surface area contributed by atoms with E-state index in [-0.39, 0.29) is 17.8 Å². The number of benzene rings is 1. The third-order valence-corrected chi connectivity index (χ3v) is 3.57. The van der Waals surface area contributed by atoms with Gasteiger partial charge in [-0.1, -0.05) is 12.1 Å². The highest BCUT2D eigenvalue weighted by atomic mass is 32.2. The molecule has 18 heavy (non-hydrogen) atoms. The van der Waals surface area contributed by atoms with E-state index in [9.17, 15) is 14.3 Å². The van der Waals surface area contributed by atoms with Crippen molar-refractivity contribution in [1.82, 2.24) is 5.32 Å². The Morgan fingerprint density at radius 3 is 2.67 bits per heavy atom. The van der Waals surface area contributed by atoms with Crippen molar-refractivity contribution in [2.24, 2.45) is 0 Å². The van der Waals surface area contributed by atoms with Crippen LogP contribution in [0.5, 0.6) is 0 Å². The van der Waals surface area contributed by atoms with Gasteiger partial charge in [0, 0.05) is 47.0 Å². The zero-order chi connectivity index (χ0) is 13.7. The van der Waals surface area contributed by atoms with Crippen LogP contribution in [0, 0.1) is 10.1 Å². The summed E-state index contributed by atoms with van der Waals surface area (Å²) in [6, 6.07) is 6.65. The van der Waals surface area contributed by atoms with E-state index in [0.29, 0.717) is 5.75 Å². The Bertz CT molecular complexity index is 451. The van der Waals surface area contributed by atoms with E-state index in [1.165, 1.54) is 6.07 Å². The summed E-state index contributed by atoms with van der Waals surface area (Å²) in [5, 5.41) is 14.0. The van der Waals surface area contributed by atoms with Crippen molar-refractivity contribution < 1.29 is 9.13 Å². The van der Waals surface area contributed by atoms with E-state index < -0.39 is 15.7 Å². The molecule has 3 unspecified atom stereocenters. The van der Waals surface area contributed by atoms with Gasteiger partial charge >= 0.3 is 0 Å². The molecule has 0 spiro atoms. The van der Waals surface area contributed by atoms with Crippen LogP contribution >= 0.6 is 0 Å². The Labute approximate surface area is 109 Å². The summed E-state index contributed by atoms with van der Waals surface area (Å²) in [5.41, 5.74) is 0.950. The molecule has 0 fully saturated rings. The zero-order valence-electron chi connectivity index (χ0n) is 10.8. The minimum atomic E-state index is -0.851. The molecule has 0 aromatic heterocycles. The van der Waals surface area contributed by atoms with Gasteiger partial charge in [-0.2, -0.15) is 0 Å². The lowest BCUT2D eigenvalue weighted by Crippen LogP contribution is -2.33. The number of non-ortho nitro benzene ring substituents is 1. The van der Waals surface area contributed by atoms with Gasteiger partial charge in [0.1, 0.15) is 0 Å². The summed E-state index contributed by atoms with van der Waals surface area (Å²) in [5.74, 6) is 0.569. The second-order valence-corrected chi connectivity index (χ2v) is 5.86. The number of nitro benzene ring substituents is 1. The summed E-state index contributed by atoms with van der Waals surface area (Å²) < 4.78 is 11.1. The van der Waals surface area contributed by atoms with E-state index in [0.717, 1.165) is 5.56 Å². The number of nitro groups is 1.